The first-order valence-electron chi connectivity index (χ1n) is 26.8. The van der Waals surface area contributed by atoms with Crippen LogP contribution in [0.2, 0.25) is 0 Å². The number of benzene rings is 8. The van der Waals surface area contributed by atoms with Gasteiger partial charge in [0, 0.05) is 77.5 Å². The van der Waals surface area contributed by atoms with E-state index in [1.165, 1.54) is 50.1 Å². The largest absolute Gasteiger partial charge is 0.509 e. The quantitative estimate of drug-likeness (QED) is 0.102. The smallest absolute Gasteiger partial charge is 0.135 e. The Labute approximate surface area is 471 Å². The van der Waals surface area contributed by atoms with E-state index in [1.54, 1.807) is 0 Å². The van der Waals surface area contributed by atoms with Crippen molar-refractivity contribution in [3.8, 4) is 17.3 Å². The number of hydrogen-bond acceptors (Lipinski definition) is 4. The minimum Gasteiger partial charge on any atom is -0.509 e. The van der Waals surface area contributed by atoms with E-state index in [9.17, 15) is 0 Å². The average Bonchev–Trinajstić information content (AvgIpc) is 4.07. The van der Waals surface area contributed by atoms with Crippen LogP contribution >= 0.6 is 0 Å². The standard InChI is InChI=1S/C71H67N4O.Pt/c1-48(2)60-33-23-34-61(49(3)4)68(60)66-46-73(57-41-54(70(7,8)51-26-16-12-17-27-51)40-55(42-57)71(9,10)52-28-18-13-19-29-52)47-74(66)56-30-22-31-58(44-56)76-59-36-37-63-62-32-20-21-35-64(62)75(65(63)45-59)67-43-53(38-39-72-67)69(5,6)50-24-14-11-15-25-50;/h11-43,46-49H,1-10H3;/q-3;. The van der Waals surface area contributed by atoms with Gasteiger partial charge in [0.25, 0.3) is 0 Å². The molecule has 2 aromatic heterocycles. The van der Waals surface area contributed by atoms with Gasteiger partial charge in [-0.1, -0.05) is 208 Å². The van der Waals surface area contributed by atoms with Crippen LogP contribution in [0.25, 0.3) is 33.3 Å². The Hall–Kier alpha value is -7.46. The Balaban J connectivity index is 0.00000672. The number of ether oxygens (including phenoxy) is 1. The van der Waals surface area contributed by atoms with E-state index in [2.05, 4.69) is 291 Å². The number of para-hydroxylation sites is 1. The maximum Gasteiger partial charge on any atom is 0.135 e. The molecule has 77 heavy (non-hydrogen) atoms. The maximum absolute atomic E-state index is 6.86. The summed E-state index contributed by atoms with van der Waals surface area (Å²) >= 11 is 0. The second-order valence-electron chi connectivity index (χ2n) is 22.6. The van der Waals surface area contributed by atoms with Crippen molar-refractivity contribution in [3.05, 3.63) is 275 Å². The van der Waals surface area contributed by atoms with Gasteiger partial charge in [0.2, 0.25) is 0 Å². The molecule has 0 saturated heterocycles. The van der Waals surface area contributed by atoms with Crippen LogP contribution in [0.3, 0.4) is 0 Å². The zero-order chi connectivity index (χ0) is 52.9. The van der Waals surface area contributed by atoms with Gasteiger partial charge in [-0.3, -0.25) is 0 Å². The zero-order valence-electron chi connectivity index (χ0n) is 45.9. The molecule has 0 radical (unpaired) electrons. The summed E-state index contributed by atoms with van der Waals surface area (Å²) in [4.78, 5) is 9.61. The number of hydrogen-bond donors (Lipinski definition) is 0. The van der Waals surface area contributed by atoms with E-state index in [0.717, 1.165) is 44.7 Å². The van der Waals surface area contributed by atoms with Gasteiger partial charge in [-0.25, -0.2) is 4.98 Å². The molecule has 0 amide bonds. The van der Waals surface area contributed by atoms with E-state index in [1.807, 2.05) is 18.3 Å². The predicted octanol–water partition coefficient (Wildman–Crippen LogP) is 18.2. The normalized spacial score (nSPS) is 13.2. The molecule has 0 N–H and O–H groups in total. The van der Waals surface area contributed by atoms with Gasteiger partial charge in [-0.15, -0.1) is 48.1 Å². The molecule has 5 nitrogen and oxygen atoms in total. The van der Waals surface area contributed by atoms with Crippen LogP contribution in [0.1, 0.15) is 131 Å². The number of aromatic nitrogens is 2. The van der Waals surface area contributed by atoms with Crippen molar-refractivity contribution in [1.82, 2.24) is 9.55 Å². The van der Waals surface area contributed by atoms with Crippen molar-refractivity contribution in [2.75, 3.05) is 9.80 Å². The molecule has 1 aliphatic rings. The molecule has 3 heterocycles. The Morgan fingerprint density at radius 1 is 0.494 bits per heavy atom. The molecule has 1 aliphatic heterocycles. The molecule has 0 saturated carbocycles. The number of rotatable bonds is 14. The molecule has 10 aromatic rings. The van der Waals surface area contributed by atoms with Crippen LogP contribution in [0.15, 0.2) is 207 Å². The van der Waals surface area contributed by atoms with Gasteiger partial charge in [0.15, 0.2) is 0 Å². The zero-order valence-corrected chi connectivity index (χ0v) is 48.1. The molecule has 0 unspecified atom stereocenters. The Kier molecular flexibility index (Phi) is 14.6. The van der Waals surface area contributed by atoms with E-state index in [0.29, 0.717) is 11.5 Å². The first-order valence-corrected chi connectivity index (χ1v) is 26.8. The monoisotopic (exact) mass is 1190 g/mol. The summed E-state index contributed by atoms with van der Waals surface area (Å²) in [5, 5.41) is 2.21. The van der Waals surface area contributed by atoms with Crippen LogP contribution in [0.5, 0.6) is 11.5 Å². The van der Waals surface area contributed by atoms with Crippen LogP contribution in [0.4, 0.5) is 11.4 Å². The van der Waals surface area contributed by atoms with Crippen LogP contribution in [0, 0.1) is 18.8 Å². The van der Waals surface area contributed by atoms with Crippen molar-refractivity contribution in [1.29, 1.82) is 0 Å². The molecule has 0 fully saturated rings. The van der Waals surface area contributed by atoms with E-state index in [4.69, 9.17) is 9.72 Å². The summed E-state index contributed by atoms with van der Waals surface area (Å²) in [6.45, 7) is 25.3. The molecule has 0 atom stereocenters. The molecular formula is C71H67N4OPt-3. The van der Waals surface area contributed by atoms with E-state index < -0.39 is 0 Å². The SMILES string of the molecule is CC(C)c1cccc(C(C)C)c1C1=CN(c2cc(C(C)(C)c3ccccc3)cc(C(C)(C)c3ccccc3)c2)[CH-]N1c1[c-]c(Oc2[c-]c3c(cc2)c2ccccc2n3-c2cc(C(C)(C)c3ccccc3)ccn2)ccc1.[Pt]. The van der Waals surface area contributed by atoms with Crippen molar-refractivity contribution >= 4 is 38.9 Å². The maximum atomic E-state index is 6.86. The Morgan fingerprint density at radius 3 is 1.61 bits per heavy atom. The van der Waals surface area contributed by atoms with Crippen molar-refractivity contribution in [3.63, 3.8) is 0 Å². The number of pyridine rings is 1. The fraction of sp³-hybridized carbons (Fsp3) is 0.211. The minimum absolute atomic E-state index is 0. The Morgan fingerprint density at radius 2 is 1.03 bits per heavy atom. The summed E-state index contributed by atoms with van der Waals surface area (Å²) in [6, 6.07) is 77.1. The number of fused-ring (bicyclic) bond motifs is 3. The average molecular weight is 1190 g/mol. The van der Waals surface area contributed by atoms with Gasteiger partial charge in [-0.2, -0.15) is 12.1 Å². The van der Waals surface area contributed by atoms with Gasteiger partial charge in [0.1, 0.15) is 5.82 Å². The number of anilines is 2. The molecule has 0 spiro atoms. The minimum atomic E-state index is -0.284. The molecule has 0 bridgehead atoms. The first-order chi connectivity index (χ1) is 36.6. The third kappa shape index (κ3) is 9.96. The van der Waals surface area contributed by atoms with Gasteiger partial charge >= 0.3 is 0 Å². The number of nitrogens with zero attached hydrogens (tertiary/aromatic N) is 4. The fourth-order valence-corrected chi connectivity index (χ4v) is 11.2. The predicted molar refractivity (Wildman–Crippen MR) is 317 cm³/mol. The summed E-state index contributed by atoms with van der Waals surface area (Å²) < 4.78 is 9.07. The molecule has 6 heteroatoms. The first kappa shape index (κ1) is 53.0. The second-order valence-corrected chi connectivity index (χ2v) is 22.6. The summed E-state index contributed by atoms with van der Waals surface area (Å²) in [7, 11) is 0. The Bertz CT molecular complexity index is 3660. The van der Waals surface area contributed by atoms with Gasteiger partial charge in [-0.05, 0) is 98.3 Å². The topological polar surface area (TPSA) is 33.5 Å². The van der Waals surface area contributed by atoms with Crippen LogP contribution in [-0.4, -0.2) is 9.55 Å². The molecule has 11 rings (SSSR count). The van der Waals surface area contributed by atoms with Crippen molar-refractivity contribution < 1.29 is 25.8 Å². The fourth-order valence-electron chi connectivity index (χ4n) is 11.2. The van der Waals surface area contributed by atoms with Gasteiger partial charge in [0.05, 0.1) is 0 Å². The summed E-state index contributed by atoms with van der Waals surface area (Å²) in [5.41, 5.74) is 15.5. The van der Waals surface area contributed by atoms with Crippen molar-refractivity contribution in [2.45, 2.75) is 97.3 Å². The third-order valence-electron chi connectivity index (χ3n) is 16.0. The van der Waals surface area contributed by atoms with Crippen LogP contribution < -0.4 is 14.5 Å². The third-order valence-corrected chi connectivity index (χ3v) is 16.0. The second kappa shape index (κ2) is 21.2. The summed E-state index contributed by atoms with van der Waals surface area (Å²) in [6.07, 6.45) is 4.25. The molecule has 8 aromatic carbocycles. The van der Waals surface area contributed by atoms with E-state index >= 15 is 0 Å². The molecule has 0 aliphatic carbocycles. The van der Waals surface area contributed by atoms with Crippen molar-refractivity contribution in [2.24, 2.45) is 0 Å². The molecule has 390 valence electrons. The molecular weight excluding hydrogens is 1120 g/mol. The van der Waals surface area contributed by atoms with Gasteiger partial charge < -0.3 is 19.1 Å². The summed E-state index contributed by atoms with van der Waals surface area (Å²) in [5.74, 6) is 2.58. The van der Waals surface area contributed by atoms with E-state index in [-0.39, 0.29) is 49.1 Å². The van der Waals surface area contributed by atoms with Crippen LogP contribution in [-0.2, 0) is 37.3 Å².